The van der Waals surface area contributed by atoms with Gasteiger partial charge < -0.3 is 5.32 Å². The number of hydrogen-bond acceptors (Lipinski definition) is 1. The van der Waals surface area contributed by atoms with Crippen LogP contribution in [0.25, 0.3) is 0 Å². The highest BCUT2D eigenvalue weighted by molar-refractivity contribution is 6.30. The van der Waals surface area contributed by atoms with Crippen molar-refractivity contribution >= 4 is 11.6 Å². The Morgan fingerprint density at radius 3 is 2.21 bits per heavy atom. The fourth-order valence-corrected chi connectivity index (χ4v) is 3.39. The topological polar surface area (TPSA) is 12.0 Å². The van der Waals surface area contributed by atoms with Gasteiger partial charge in [-0.05, 0) is 49.9 Å². The lowest BCUT2D eigenvalue weighted by Gasteiger charge is -2.28. The summed E-state index contributed by atoms with van der Waals surface area (Å²) in [7, 11) is 2.11. The third-order valence-corrected chi connectivity index (χ3v) is 4.71. The van der Waals surface area contributed by atoms with Crippen LogP contribution in [0.2, 0.25) is 5.02 Å². The zero-order valence-corrected chi connectivity index (χ0v) is 12.8. The third-order valence-electron chi connectivity index (χ3n) is 4.46. The Kier molecular flexibility index (Phi) is 6.19. The molecule has 1 aromatic carbocycles. The van der Waals surface area contributed by atoms with Crippen LogP contribution in [0, 0.1) is 5.92 Å². The van der Waals surface area contributed by atoms with Crippen LogP contribution in [0.4, 0.5) is 0 Å². The van der Waals surface area contributed by atoms with Gasteiger partial charge in [-0.2, -0.15) is 0 Å². The van der Waals surface area contributed by atoms with E-state index in [0.717, 1.165) is 17.4 Å². The quantitative estimate of drug-likeness (QED) is 0.832. The van der Waals surface area contributed by atoms with Crippen LogP contribution >= 0.6 is 11.6 Å². The Morgan fingerprint density at radius 1 is 1.05 bits per heavy atom. The van der Waals surface area contributed by atoms with Gasteiger partial charge in [0, 0.05) is 11.1 Å². The molecule has 1 N–H and O–H groups in total. The van der Waals surface area contributed by atoms with E-state index in [1.54, 1.807) is 0 Å². The Morgan fingerprint density at radius 2 is 1.63 bits per heavy atom. The molecule has 2 rings (SSSR count). The summed E-state index contributed by atoms with van der Waals surface area (Å²) in [6.07, 6.45) is 11.0. The minimum Gasteiger partial charge on any atom is -0.316 e. The normalized spacial score (nSPS) is 19.7. The SMILES string of the molecule is CNC(Cc1ccc(Cl)cc1)C1CCCCCCC1. The fourth-order valence-electron chi connectivity index (χ4n) is 3.27. The zero-order chi connectivity index (χ0) is 13.5. The second-order valence-corrected chi connectivity index (χ2v) is 6.27. The highest BCUT2D eigenvalue weighted by Crippen LogP contribution is 2.26. The van der Waals surface area contributed by atoms with Crippen LogP contribution in [-0.4, -0.2) is 13.1 Å². The zero-order valence-electron chi connectivity index (χ0n) is 12.0. The van der Waals surface area contributed by atoms with Gasteiger partial charge in [0.2, 0.25) is 0 Å². The van der Waals surface area contributed by atoms with Gasteiger partial charge in [-0.1, -0.05) is 55.8 Å². The molecule has 1 atom stereocenters. The average molecular weight is 280 g/mol. The largest absolute Gasteiger partial charge is 0.316 e. The molecule has 1 saturated carbocycles. The van der Waals surface area contributed by atoms with Crippen LogP contribution in [0.1, 0.15) is 50.5 Å². The van der Waals surface area contributed by atoms with Gasteiger partial charge >= 0.3 is 0 Å². The summed E-state index contributed by atoms with van der Waals surface area (Å²) in [4.78, 5) is 0. The van der Waals surface area contributed by atoms with Crippen molar-refractivity contribution in [2.75, 3.05) is 7.05 Å². The van der Waals surface area contributed by atoms with Gasteiger partial charge in [0.15, 0.2) is 0 Å². The Labute approximate surface area is 122 Å². The molecular weight excluding hydrogens is 254 g/mol. The second kappa shape index (κ2) is 7.91. The Bertz CT molecular complexity index is 352. The van der Waals surface area contributed by atoms with E-state index >= 15 is 0 Å². The van der Waals surface area contributed by atoms with Crippen molar-refractivity contribution in [2.24, 2.45) is 5.92 Å². The number of halogens is 1. The minimum absolute atomic E-state index is 0.610. The van der Waals surface area contributed by atoms with E-state index in [-0.39, 0.29) is 0 Å². The van der Waals surface area contributed by atoms with Crippen molar-refractivity contribution < 1.29 is 0 Å². The summed E-state index contributed by atoms with van der Waals surface area (Å²) < 4.78 is 0. The lowest BCUT2D eigenvalue weighted by Crippen LogP contribution is -2.36. The molecule has 1 aliphatic carbocycles. The molecule has 19 heavy (non-hydrogen) atoms. The summed E-state index contributed by atoms with van der Waals surface area (Å²) >= 11 is 5.95. The maximum absolute atomic E-state index is 5.95. The predicted molar refractivity (Wildman–Crippen MR) is 83.8 cm³/mol. The van der Waals surface area contributed by atoms with Crippen LogP contribution in [0.3, 0.4) is 0 Å². The fraction of sp³-hybridized carbons (Fsp3) is 0.647. The molecule has 1 nitrogen and oxygen atoms in total. The lowest BCUT2D eigenvalue weighted by atomic mass is 9.83. The molecule has 0 aliphatic heterocycles. The molecule has 2 heteroatoms. The maximum Gasteiger partial charge on any atom is 0.0406 e. The standard InChI is InChI=1S/C17H26ClN/c1-19-17(13-14-9-11-16(18)12-10-14)15-7-5-3-2-4-6-8-15/h9-12,15,17,19H,2-8,13H2,1H3. The number of hydrogen-bond donors (Lipinski definition) is 1. The van der Waals surface area contributed by atoms with Crippen LogP contribution in [0.15, 0.2) is 24.3 Å². The van der Waals surface area contributed by atoms with Gasteiger partial charge in [0.05, 0.1) is 0 Å². The van der Waals surface area contributed by atoms with E-state index in [2.05, 4.69) is 24.5 Å². The monoisotopic (exact) mass is 279 g/mol. The molecule has 106 valence electrons. The predicted octanol–water partition coefficient (Wildman–Crippen LogP) is 4.83. The highest BCUT2D eigenvalue weighted by Gasteiger charge is 2.20. The minimum atomic E-state index is 0.610. The first-order valence-electron chi connectivity index (χ1n) is 7.71. The summed E-state index contributed by atoms with van der Waals surface area (Å²) in [5.74, 6) is 0.834. The van der Waals surface area contributed by atoms with E-state index < -0.39 is 0 Å². The van der Waals surface area contributed by atoms with Crippen LogP contribution in [0.5, 0.6) is 0 Å². The van der Waals surface area contributed by atoms with Crippen molar-refractivity contribution in [1.29, 1.82) is 0 Å². The highest BCUT2D eigenvalue weighted by atomic mass is 35.5. The van der Waals surface area contributed by atoms with Crippen LogP contribution < -0.4 is 5.32 Å². The number of rotatable bonds is 4. The first kappa shape index (κ1) is 14.9. The van der Waals surface area contributed by atoms with E-state index in [1.165, 1.54) is 50.5 Å². The molecule has 0 heterocycles. The number of nitrogens with one attached hydrogen (secondary N) is 1. The first-order chi connectivity index (χ1) is 9.29. The van der Waals surface area contributed by atoms with Gasteiger partial charge in [0.25, 0.3) is 0 Å². The van der Waals surface area contributed by atoms with Crippen molar-refractivity contribution in [3.63, 3.8) is 0 Å². The molecule has 1 aromatic rings. The summed E-state index contributed by atoms with van der Waals surface area (Å²) in [6, 6.07) is 8.94. The van der Waals surface area contributed by atoms with Gasteiger partial charge in [0.1, 0.15) is 0 Å². The van der Waals surface area contributed by atoms with Crippen molar-refractivity contribution in [1.82, 2.24) is 5.32 Å². The van der Waals surface area contributed by atoms with Crippen molar-refractivity contribution in [3.05, 3.63) is 34.9 Å². The lowest BCUT2D eigenvalue weighted by molar-refractivity contribution is 0.294. The third kappa shape index (κ3) is 4.81. The molecule has 0 bridgehead atoms. The van der Waals surface area contributed by atoms with Gasteiger partial charge in [-0.25, -0.2) is 0 Å². The van der Waals surface area contributed by atoms with E-state index in [9.17, 15) is 0 Å². The maximum atomic E-state index is 5.95. The van der Waals surface area contributed by atoms with E-state index in [4.69, 9.17) is 11.6 Å². The summed E-state index contributed by atoms with van der Waals surface area (Å²) in [5.41, 5.74) is 1.39. The smallest absolute Gasteiger partial charge is 0.0406 e. The number of benzene rings is 1. The van der Waals surface area contributed by atoms with E-state index in [0.29, 0.717) is 6.04 Å². The molecule has 0 radical (unpaired) electrons. The summed E-state index contributed by atoms with van der Waals surface area (Å²) in [6.45, 7) is 0. The van der Waals surface area contributed by atoms with Crippen LogP contribution in [-0.2, 0) is 6.42 Å². The summed E-state index contributed by atoms with van der Waals surface area (Å²) in [5, 5.41) is 4.38. The van der Waals surface area contributed by atoms with Crippen molar-refractivity contribution in [3.8, 4) is 0 Å². The molecular formula is C17H26ClN. The second-order valence-electron chi connectivity index (χ2n) is 5.83. The molecule has 1 fully saturated rings. The molecule has 0 saturated heterocycles. The average Bonchev–Trinajstić information content (AvgIpc) is 2.38. The number of likely N-dealkylation sites (N-methyl/N-ethyl adjacent to an activating group) is 1. The first-order valence-corrected chi connectivity index (χ1v) is 8.09. The molecule has 1 aliphatic rings. The van der Waals surface area contributed by atoms with Gasteiger partial charge in [-0.15, -0.1) is 0 Å². The molecule has 1 unspecified atom stereocenters. The van der Waals surface area contributed by atoms with Crippen molar-refractivity contribution in [2.45, 2.75) is 57.4 Å². The molecule has 0 aromatic heterocycles. The Hall–Kier alpha value is -0.530. The molecule has 0 spiro atoms. The van der Waals surface area contributed by atoms with Gasteiger partial charge in [-0.3, -0.25) is 0 Å². The Balaban J connectivity index is 1.95. The van der Waals surface area contributed by atoms with E-state index in [1.807, 2.05) is 12.1 Å². The molecule has 0 amide bonds.